The fourth-order valence-corrected chi connectivity index (χ4v) is 0.793. The molecule has 12 heavy (non-hydrogen) atoms. The molecule has 0 bridgehead atoms. The zero-order chi connectivity index (χ0) is 8.36. The van der Waals surface area contributed by atoms with E-state index in [0.717, 1.165) is 26.1 Å². The van der Waals surface area contributed by atoms with Gasteiger partial charge in [-0.1, -0.05) is 33.1 Å². The third-order valence-electron chi connectivity index (χ3n) is 1.50. The van der Waals surface area contributed by atoms with Crippen molar-refractivity contribution >= 4 is 8.41 Å². The highest BCUT2D eigenvalue weighted by Gasteiger charge is 1.95. The van der Waals surface area contributed by atoms with E-state index in [-0.39, 0.29) is 8.41 Å². The van der Waals surface area contributed by atoms with Crippen LogP contribution >= 0.6 is 0 Å². The maximum absolute atomic E-state index is 4.57. The molecule has 1 saturated heterocycles. The Kier molecular flexibility index (Phi) is 16.4. The minimum absolute atomic E-state index is 0. The van der Waals surface area contributed by atoms with Crippen LogP contribution in [-0.4, -0.2) is 21.6 Å². The van der Waals surface area contributed by atoms with Gasteiger partial charge in [0, 0.05) is 8.41 Å². The van der Waals surface area contributed by atoms with Gasteiger partial charge >= 0.3 is 0 Å². The zero-order valence-corrected chi connectivity index (χ0v) is 8.34. The van der Waals surface area contributed by atoms with Crippen LogP contribution in [0.1, 0.15) is 46.0 Å². The Hall–Kier alpha value is -0.0151. The fourth-order valence-electron chi connectivity index (χ4n) is 0.793. The molecule has 0 aliphatic carbocycles. The van der Waals surface area contributed by atoms with Crippen molar-refractivity contribution < 1.29 is 9.78 Å². The lowest BCUT2D eigenvalue weighted by atomic mass is 10.3. The lowest BCUT2D eigenvalue weighted by molar-refractivity contribution is -0.312. The SMILES string of the molecule is C1CCOOC1.CCCCC.[B]. The van der Waals surface area contributed by atoms with E-state index in [9.17, 15) is 0 Å². The minimum atomic E-state index is 0. The zero-order valence-electron chi connectivity index (χ0n) is 8.34. The Balaban J connectivity index is 0. The van der Waals surface area contributed by atoms with Crippen LogP contribution in [-0.2, 0) is 9.78 Å². The average Bonchev–Trinajstić information content (AvgIpc) is 2.10. The van der Waals surface area contributed by atoms with Gasteiger partial charge in [0.2, 0.25) is 0 Å². The number of hydrogen-bond donors (Lipinski definition) is 0. The summed E-state index contributed by atoms with van der Waals surface area (Å²) in [5.74, 6) is 0. The Labute approximate surface area is 78.1 Å². The number of unbranched alkanes of at least 4 members (excludes halogenated alkanes) is 2. The third kappa shape index (κ3) is 12.6. The molecule has 71 valence electrons. The normalized spacial score (nSPS) is 15.5. The molecule has 1 rings (SSSR count). The molecular formula is C9H20BO2. The van der Waals surface area contributed by atoms with Gasteiger partial charge in [0.15, 0.2) is 0 Å². The van der Waals surface area contributed by atoms with Crippen molar-refractivity contribution in [1.82, 2.24) is 0 Å². The van der Waals surface area contributed by atoms with Crippen LogP contribution in [0.2, 0.25) is 0 Å². The molecule has 0 aromatic rings. The van der Waals surface area contributed by atoms with Crippen LogP contribution in [0.4, 0.5) is 0 Å². The lowest BCUT2D eigenvalue weighted by Gasteiger charge is -2.07. The van der Waals surface area contributed by atoms with Gasteiger partial charge in [0.25, 0.3) is 0 Å². The van der Waals surface area contributed by atoms with Crippen molar-refractivity contribution in [3.05, 3.63) is 0 Å². The van der Waals surface area contributed by atoms with Crippen LogP contribution in [0.5, 0.6) is 0 Å². The maximum atomic E-state index is 4.57. The highest BCUT2D eigenvalue weighted by atomic mass is 17.2. The van der Waals surface area contributed by atoms with Crippen molar-refractivity contribution in [3.8, 4) is 0 Å². The molecule has 3 heteroatoms. The Morgan fingerprint density at radius 3 is 1.42 bits per heavy atom. The Morgan fingerprint density at radius 1 is 0.917 bits per heavy atom. The molecule has 1 aliphatic heterocycles. The smallest absolute Gasteiger partial charge is 0.0823 e. The average molecular weight is 171 g/mol. The summed E-state index contributed by atoms with van der Waals surface area (Å²) >= 11 is 0. The van der Waals surface area contributed by atoms with Crippen LogP contribution < -0.4 is 0 Å². The van der Waals surface area contributed by atoms with Crippen molar-refractivity contribution in [2.45, 2.75) is 46.0 Å². The maximum Gasteiger partial charge on any atom is 0.0823 e. The summed E-state index contributed by atoms with van der Waals surface area (Å²) < 4.78 is 0. The summed E-state index contributed by atoms with van der Waals surface area (Å²) in [6.07, 6.45) is 6.38. The molecular weight excluding hydrogens is 151 g/mol. The molecule has 0 unspecified atom stereocenters. The summed E-state index contributed by atoms with van der Waals surface area (Å²) in [4.78, 5) is 9.14. The van der Waals surface area contributed by atoms with Crippen LogP contribution in [0.15, 0.2) is 0 Å². The molecule has 2 nitrogen and oxygen atoms in total. The summed E-state index contributed by atoms with van der Waals surface area (Å²) in [5, 5.41) is 0. The molecule has 0 aromatic carbocycles. The van der Waals surface area contributed by atoms with E-state index < -0.39 is 0 Å². The largest absolute Gasteiger partial charge is 0.237 e. The highest BCUT2D eigenvalue weighted by Crippen LogP contribution is 1.97. The standard InChI is InChI=1S/C5H12.C4H8O2.B/c1-3-5-4-2;1-2-4-6-5-3-1;/h3-5H2,1-2H3;1-4H2;. The van der Waals surface area contributed by atoms with Gasteiger partial charge in [-0.25, -0.2) is 9.78 Å². The van der Waals surface area contributed by atoms with Gasteiger partial charge < -0.3 is 0 Å². The third-order valence-corrected chi connectivity index (χ3v) is 1.50. The predicted octanol–water partition coefficient (Wildman–Crippen LogP) is 2.54. The second-order valence-electron chi connectivity index (χ2n) is 2.70. The second kappa shape index (κ2) is 13.6. The van der Waals surface area contributed by atoms with E-state index in [1.54, 1.807) is 0 Å². The van der Waals surface area contributed by atoms with Gasteiger partial charge in [0.05, 0.1) is 13.2 Å². The lowest BCUT2D eigenvalue weighted by Crippen LogP contribution is -2.05. The monoisotopic (exact) mass is 171 g/mol. The van der Waals surface area contributed by atoms with Crippen molar-refractivity contribution in [1.29, 1.82) is 0 Å². The Bertz CT molecular complexity index is 52.0. The van der Waals surface area contributed by atoms with Gasteiger partial charge in [0.1, 0.15) is 0 Å². The van der Waals surface area contributed by atoms with E-state index in [1.807, 2.05) is 0 Å². The predicted molar refractivity (Wildman–Crippen MR) is 52.1 cm³/mol. The highest BCUT2D eigenvalue weighted by molar-refractivity contribution is 5.75. The van der Waals surface area contributed by atoms with E-state index in [4.69, 9.17) is 0 Å². The molecule has 0 amide bonds. The van der Waals surface area contributed by atoms with Crippen LogP contribution in [0, 0.1) is 0 Å². The van der Waals surface area contributed by atoms with E-state index in [2.05, 4.69) is 23.6 Å². The minimum Gasteiger partial charge on any atom is -0.237 e. The van der Waals surface area contributed by atoms with E-state index in [0.29, 0.717) is 0 Å². The van der Waals surface area contributed by atoms with Gasteiger partial charge in [-0.2, -0.15) is 0 Å². The van der Waals surface area contributed by atoms with Crippen molar-refractivity contribution in [2.24, 2.45) is 0 Å². The van der Waals surface area contributed by atoms with Gasteiger partial charge in [-0.05, 0) is 12.8 Å². The van der Waals surface area contributed by atoms with Gasteiger partial charge in [-0.3, -0.25) is 0 Å². The second-order valence-corrected chi connectivity index (χ2v) is 2.70. The molecule has 1 fully saturated rings. The molecule has 1 aliphatic rings. The van der Waals surface area contributed by atoms with Crippen molar-refractivity contribution in [2.75, 3.05) is 13.2 Å². The summed E-state index contributed by atoms with van der Waals surface area (Å²) in [7, 11) is 0. The molecule has 0 aromatic heterocycles. The van der Waals surface area contributed by atoms with Crippen LogP contribution in [0.25, 0.3) is 0 Å². The Morgan fingerprint density at radius 2 is 1.33 bits per heavy atom. The first-order valence-corrected chi connectivity index (χ1v) is 4.66. The molecule has 0 spiro atoms. The van der Waals surface area contributed by atoms with Crippen molar-refractivity contribution in [3.63, 3.8) is 0 Å². The quantitative estimate of drug-likeness (QED) is 0.469. The first kappa shape index (κ1) is 14.5. The molecule has 3 radical (unpaired) electrons. The summed E-state index contributed by atoms with van der Waals surface area (Å²) in [6.45, 7) is 5.98. The summed E-state index contributed by atoms with van der Waals surface area (Å²) in [6, 6.07) is 0. The van der Waals surface area contributed by atoms with E-state index >= 15 is 0 Å². The molecule has 0 N–H and O–H groups in total. The summed E-state index contributed by atoms with van der Waals surface area (Å²) in [5.41, 5.74) is 0. The number of rotatable bonds is 2. The molecule has 0 atom stereocenters. The molecule has 1 heterocycles. The molecule has 0 saturated carbocycles. The first-order valence-electron chi connectivity index (χ1n) is 4.66. The van der Waals surface area contributed by atoms with Gasteiger partial charge in [-0.15, -0.1) is 0 Å². The topological polar surface area (TPSA) is 18.5 Å². The van der Waals surface area contributed by atoms with Crippen LogP contribution in [0.3, 0.4) is 0 Å². The number of hydrogen-bond acceptors (Lipinski definition) is 2. The first-order chi connectivity index (χ1) is 5.41. The van der Waals surface area contributed by atoms with E-state index in [1.165, 1.54) is 19.3 Å². The fraction of sp³-hybridized carbons (Fsp3) is 1.00.